The summed E-state index contributed by atoms with van der Waals surface area (Å²) in [5.74, 6) is -1.85. The van der Waals surface area contributed by atoms with E-state index in [1.165, 1.54) is 0 Å². The Labute approximate surface area is 122 Å². The van der Waals surface area contributed by atoms with Gasteiger partial charge < -0.3 is 10.1 Å². The number of hydrogen-bond donors (Lipinski definition) is 1. The van der Waals surface area contributed by atoms with Gasteiger partial charge in [0.15, 0.2) is 0 Å². The highest BCUT2D eigenvalue weighted by Gasteiger charge is 2.22. The van der Waals surface area contributed by atoms with Crippen molar-refractivity contribution < 1.29 is 18.8 Å². The van der Waals surface area contributed by atoms with Crippen molar-refractivity contribution in [3.63, 3.8) is 0 Å². The lowest BCUT2D eigenvalue weighted by Crippen LogP contribution is -2.14. The van der Waals surface area contributed by atoms with Gasteiger partial charge in [-0.25, -0.2) is 9.18 Å². The van der Waals surface area contributed by atoms with Gasteiger partial charge in [0, 0.05) is 6.54 Å². The maximum atomic E-state index is 13.7. The Bertz CT molecular complexity index is 553. The predicted octanol–water partition coefficient (Wildman–Crippen LogP) is 3.37. The maximum Gasteiger partial charge on any atom is 0.340 e. The largest absolute Gasteiger partial charge is 0.465 e. The van der Waals surface area contributed by atoms with Crippen molar-refractivity contribution in [2.24, 2.45) is 5.41 Å². The molecule has 0 aliphatic carbocycles. The molecule has 0 atom stereocenters. The smallest absolute Gasteiger partial charge is 0.340 e. The van der Waals surface area contributed by atoms with Crippen LogP contribution in [0.5, 0.6) is 0 Å². The van der Waals surface area contributed by atoms with Gasteiger partial charge in [0.05, 0.1) is 23.7 Å². The van der Waals surface area contributed by atoms with Crippen LogP contribution in [-0.4, -0.2) is 24.5 Å². The molecule has 0 saturated carbocycles. The fourth-order valence-electron chi connectivity index (χ4n) is 1.69. The zero-order valence-electron chi connectivity index (χ0n) is 12.5. The number of nitro benzene ring substituents is 1. The number of ether oxygens (including phenoxy) is 1. The number of nitro groups is 1. The first-order valence-electron chi connectivity index (χ1n) is 6.46. The average Bonchev–Trinajstić information content (AvgIpc) is 2.37. The minimum Gasteiger partial charge on any atom is -0.465 e. The van der Waals surface area contributed by atoms with Gasteiger partial charge in [0.1, 0.15) is 11.5 Å². The van der Waals surface area contributed by atoms with E-state index in [1.54, 1.807) is 0 Å². The normalized spacial score (nSPS) is 11.1. The molecule has 0 heterocycles. The summed E-state index contributed by atoms with van der Waals surface area (Å²) < 4.78 is 18.2. The standard InChI is InChI=1S/C14H19FN2O4/c1-14(2,3)5-6-16-11-7-9(13(18)21-4)10(15)8-12(11)17(19)20/h7-8,16H,5-6H2,1-4H3. The van der Waals surface area contributed by atoms with Crippen LogP contribution in [0.25, 0.3) is 0 Å². The van der Waals surface area contributed by atoms with Crippen molar-refractivity contribution in [3.05, 3.63) is 33.6 Å². The SMILES string of the molecule is COC(=O)c1cc(NCCC(C)(C)C)c([N+](=O)[O-])cc1F. The Morgan fingerprint density at radius 2 is 2.05 bits per heavy atom. The van der Waals surface area contributed by atoms with Gasteiger partial charge in [-0.05, 0) is 17.9 Å². The molecule has 0 spiro atoms. The quantitative estimate of drug-likeness (QED) is 0.512. The Morgan fingerprint density at radius 3 is 2.52 bits per heavy atom. The summed E-state index contributed by atoms with van der Waals surface area (Å²) in [4.78, 5) is 21.7. The van der Waals surface area contributed by atoms with Gasteiger partial charge in [0.2, 0.25) is 0 Å². The average molecular weight is 298 g/mol. The van der Waals surface area contributed by atoms with Crippen molar-refractivity contribution in [2.45, 2.75) is 27.2 Å². The summed E-state index contributed by atoms with van der Waals surface area (Å²) >= 11 is 0. The summed E-state index contributed by atoms with van der Waals surface area (Å²) in [6.07, 6.45) is 0.759. The third kappa shape index (κ3) is 4.70. The molecule has 116 valence electrons. The fourth-order valence-corrected chi connectivity index (χ4v) is 1.69. The van der Waals surface area contributed by atoms with Gasteiger partial charge in [-0.15, -0.1) is 0 Å². The second kappa shape index (κ2) is 6.51. The van der Waals surface area contributed by atoms with Crippen LogP contribution < -0.4 is 5.32 Å². The van der Waals surface area contributed by atoms with Gasteiger partial charge in [-0.1, -0.05) is 20.8 Å². The number of methoxy groups -OCH3 is 1. The highest BCUT2D eigenvalue weighted by atomic mass is 19.1. The number of benzene rings is 1. The second-order valence-electron chi connectivity index (χ2n) is 5.84. The molecule has 0 saturated heterocycles. The third-order valence-corrected chi connectivity index (χ3v) is 2.88. The molecule has 0 unspecified atom stereocenters. The number of carbonyl (C=O) groups excluding carboxylic acids is 1. The molecular formula is C14H19FN2O4. The number of halogens is 1. The highest BCUT2D eigenvalue weighted by molar-refractivity contribution is 5.91. The van der Waals surface area contributed by atoms with Crippen LogP contribution >= 0.6 is 0 Å². The number of anilines is 1. The number of carbonyl (C=O) groups is 1. The van der Waals surface area contributed by atoms with E-state index in [1.807, 2.05) is 20.8 Å². The van der Waals surface area contributed by atoms with E-state index in [0.29, 0.717) is 6.54 Å². The lowest BCUT2D eigenvalue weighted by atomic mass is 9.92. The van der Waals surface area contributed by atoms with Crippen LogP contribution in [-0.2, 0) is 4.74 Å². The lowest BCUT2D eigenvalue weighted by Gasteiger charge is -2.18. The summed E-state index contributed by atoms with van der Waals surface area (Å²) in [6.45, 7) is 6.57. The van der Waals surface area contributed by atoms with Crippen molar-refractivity contribution in [2.75, 3.05) is 19.0 Å². The van der Waals surface area contributed by atoms with Crippen LogP contribution in [0.3, 0.4) is 0 Å². The molecule has 6 nitrogen and oxygen atoms in total. The Kier molecular flexibility index (Phi) is 5.23. The molecule has 21 heavy (non-hydrogen) atoms. The minimum atomic E-state index is -0.977. The summed E-state index contributed by atoms with van der Waals surface area (Å²) in [5, 5.41) is 13.8. The van der Waals surface area contributed by atoms with E-state index in [0.717, 1.165) is 25.7 Å². The van der Waals surface area contributed by atoms with E-state index < -0.39 is 22.4 Å². The van der Waals surface area contributed by atoms with Crippen molar-refractivity contribution in [1.29, 1.82) is 0 Å². The molecule has 0 amide bonds. The molecule has 0 radical (unpaired) electrons. The number of esters is 1. The van der Waals surface area contributed by atoms with Gasteiger partial charge in [-0.2, -0.15) is 0 Å². The van der Waals surface area contributed by atoms with E-state index in [2.05, 4.69) is 10.1 Å². The first-order chi connectivity index (χ1) is 9.65. The van der Waals surface area contributed by atoms with E-state index in [9.17, 15) is 19.3 Å². The van der Waals surface area contributed by atoms with Gasteiger partial charge in [-0.3, -0.25) is 10.1 Å². The van der Waals surface area contributed by atoms with Crippen LogP contribution in [0.1, 0.15) is 37.6 Å². The van der Waals surface area contributed by atoms with Crippen LogP contribution in [0, 0.1) is 21.3 Å². The summed E-state index contributed by atoms with van der Waals surface area (Å²) in [5.41, 5.74) is -0.589. The molecular weight excluding hydrogens is 279 g/mol. The number of nitrogens with zero attached hydrogens (tertiary/aromatic N) is 1. The van der Waals surface area contributed by atoms with E-state index in [4.69, 9.17) is 0 Å². The molecule has 1 aromatic rings. The minimum absolute atomic E-state index is 0.0486. The van der Waals surface area contributed by atoms with Crippen molar-refractivity contribution in [3.8, 4) is 0 Å². The molecule has 0 aliphatic rings. The van der Waals surface area contributed by atoms with Gasteiger partial charge in [0.25, 0.3) is 5.69 Å². The van der Waals surface area contributed by atoms with Crippen LogP contribution in [0.15, 0.2) is 12.1 Å². The maximum absolute atomic E-state index is 13.7. The lowest BCUT2D eigenvalue weighted by molar-refractivity contribution is -0.384. The Morgan fingerprint density at radius 1 is 1.43 bits per heavy atom. The van der Waals surface area contributed by atoms with E-state index >= 15 is 0 Å². The Hall–Kier alpha value is -2.18. The van der Waals surface area contributed by atoms with Gasteiger partial charge >= 0.3 is 5.97 Å². The summed E-state index contributed by atoms with van der Waals surface area (Å²) in [7, 11) is 1.12. The number of rotatable bonds is 5. The first kappa shape index (κ1) is 16.9. The van der Waals surface area contributed by atoms with E-state index in [-0.39, 0.29) is 16.7 Å². The second-order valence-corrected chi connectivity index (χ2v) is 5.84. The first-order valence-corrected chi connectivity index (χ1v) is 6.46. The topological polar surface area (TPSA) is 81.5 Å². The fraction of sp³-hybridized carbons (Fsp3) is 0.500. The molecule has 0 aliphatic heterocycles. The number of nitrogens with one attached hydrogen (secondary N) is 1. The Balaban J connectivity index is 3.09. The molecule has 1 rings (SSSR count). The molecule has 1 N–H and O–H groups in total. The molecule has 0 fully saturated rings. The summed E-state index contributed by atoms with van der Waals surface area (Å²) in [6, 6.07) is 1.84. The van der Waals surface area contributed by atoms with Crippen molar-refractivity contribution in [1.82, 2.24) is 0 Å². The monoisotopic (exact) mass is 298 g/mol. The zero-order valence-corrected chi connectivity index (χ0v) is 12.5. The third-order valence-electron chi connectivity index (χ3n) is 2.88. The van der Waals surface area contributed by atoms with Crippen LogP contribution in [0.4, 0.5) is 15.8 Å². The zero-order chi connectivity index (χ0) is 16.2. The predicted molar refractivity (Wildman–Crippen MR) is 77.0 cm³/mol. The van der Waals surface area contributed by atoms with Crippen molar-refractivity contribution >= 4 is 17.3 Å². The number of hydrogen-bond acceptors (Lipinski definition) is 5. The van der Waals surface area contributed by atoms with Crippen LogP contribution in [0.2, 0.25) is 0 Å². The highest BCUT2D eigenvalue weighted by Crippen LogP contribution is 2.29. The molecule has 0 bridgehead atoms. The molecule has 7 heteroatoms. The molecule has 0 aromatic heterocycles. The molecule has 1 aromatic carbocycles.